The Bertz CT molecular complexity index is 305. The molecular formula is C16H31ClN2OS. The van der Waals surface area contributed by atoms with Crippen LogP contribution in [0.5, 0.6) is 0 Å². The van der Waals surface area contributed by atoms with Crippen LogP contribution in [0.25, 0.3) is 0 Å². The molecule has 2 aliphatic rings. The number of hydrogen-bond donors (Lipinski definition) is 2. The highest BCUT2D eigenvalue weighted by Gasteiger charge is 2.25. The average Bonchev–Trinajstić information content (AvgIpc) is 2.48. The molecule has 5 heteroatoms. The summed E-state index contributed by atoms with van der Waals surface area (Å²) in [5.41, 5.74) is 0. The molecule has 1 heterocycles. The van der Waals surface area contributed by atoms with Crippen molar-refractivity contribution in [2.45, 2.75) is 63.2 Å². The van der Waals surface area contributed by atoms with Gasteiger partial charge in [-0.25, -0.2) is 0 Å². The number of hydrogen-bond acceptors (Lipinski definition) is 3. The first-order valence-corrected chi connectivity index (χ1v) is 9.50. The van der Waals surface area contributed by atoms with Crippen molar-refractivity contribution in [3.63, 3.8) is 0 Å². The molecule has 3 atom stereocenters. The fraction of sp³-hybridized carbons (Fsp3) is 0.938. The molecule has 124 valence electrons. The van der Waals surface area contributed by atoms with Gasteiger partial charge in [0.15, 0.2) is 0 Å². The van der Waals surface area contributed by atoms with E-state index >= 15 is 0 Å². The molecule has 0 aromatic heterocycles. The van der Waals surface area contributed by atoms with Gasteiger partial charge in [0.25, 0.3) is 0 Å². The Kier molecular flexibility index (Phi) is 9.07. The minimum Gasteiger partial charge on any atom is -0.353 e. The van der Waals surface area contributed by atoms with Gasteiger partial charge in [0, 0.05) is 17.7 Å². The Labute approximate surface area is 140 Å². The molecule has 0 radical (unpaired) electrons. The molecule has 1 amide bonds. The van der Waals surface area contributed by atoms with E-state index in [1.165, 1.54) is 32.1 Å². The summed E-state index contributed by atoms with van der Waals surface area (Å²) >= 11 is 1.95. The van der Waals surface area contributed by atoms with Crippen LogP contribution in [0.3, 0.4) is 0 Å². The second-order valence-corrected chi connectivity index (χ2v) is 7.70. The summed E-state index contributed by atoms with van der Waals surface area (Å²) in [6.07, 6.45) is 10.3. The van der Waals surface area contributed by atoms with Gasteiger partial charge in [-0.2, -0.15) is 11.8 Å². The molecule has 2 N–H and O–H groups in total. The first-order valence-electron chi connectivity index (χ1n) is 8.22. The van der Waals surface area contributed by atoms with Crippen LogP contribution in [0.15, 0.2) is 0 Å². The minimum atomic E-state index is 0. The second-order valence-electron chi connectivity index (χ2n) is 6.56. The Morgan fingerprint density at radius 1 is 1.29 bits per heavy atom. The number of carbonyl (C=O) groups excluding carboxylic acids is 1. The summed E-state index contributed by atoms with van der Waals surface area (Å²) in [6, 6.07) is 0.425. The lowest BCUT2D eigenvalue weighted by atomic mass is 9.84. The molecule has 1 saturated carbocycles. The topological polar surface area (TPSA) is 41.1 Å². The van der Waals surface area contributed by atoms with E-state index in [0.717, 1.165) is 30.7 Å². The predicted molar refractivity (Wildman–Crippen MR) is 94.3 cm³/mol. The maximum Gasteiger partial charge on any atom is 0.220 e. The van der Waals surface area contributed by atoms with E-state index in [1.54, 1.807) is 0 Å². The van der Waals surface area contributed by atoms with Crippen molar-refractivity contribution in [3.8, 4) is 0 Å². The maximum atomic E-state index is 12.2. The van der Waals surface area contributed by atoms with Crippen molar-refractivity contribution in [2.24, 2.45) is 11.8 Å². The van der Waals surface area contributed by atoms with Gasteiger partial charge in [-0.1, -0.05) is 13.3 Å². The van der Waals surface area contributed by atoms with Crippen LogP contribution >= 0.6 is 24.2 Å². The second kappa shape index (κ2) is 9.96. The highest BCUT2D eigenvalue weighted by atomic mass is 35.5. The molecule has 3 nitrogen and oxygen atoms in total. The monoisotopic (exact) mass is 334 g/mol. The van der Waals surface area contributed by atoms with Gasteiger partial charge in [-0.3, -0.25) is 4.79 Å². The smallest absolute Gasteiger partial charge is 0.220 e. The Balaban J connectivity index is 0.00000220. The van der Waals surface area contributed by atoms with Crippen LogP contribution in [0.2, 0.25) is 0 Å². The third kappa shape index (κ3) is 6.37. The van der Waals surface area contributed by atoms with E-state index in [9.17, 15) is 4.79 Å². The lowest BCUT2D eigenvalue weighted by molar-refractivity contribution is -0.123. The van der Waals surface area contributed by atoms with E-state index in [2.05, 4.69) is 23.8 Å². The number of rotatable bonds is 5. The SMILES string of the molecule is CSC1CCCC(NC(=O)CC(C)C2CCNCC2)C1.Cl. The summed E-state index contributed by atoms with van der Waals surface area (Å²) in [7, 11) is 0. The van der Waals surface area contributed by atoms with Gasteiger partial charge >= 0.3 is 0 Å². The van der Waals surface area contributed by atoms with Gasteiger partial charge in [-0.05, 0) is 63.3 Å². The van der Waals surface area contributed by atoms with Gasteiger partial charge in [0.2, 0.25) is 5.91 Å². The summed E-state index contributed by atoms with van der Waals surface area (Å²) in [5, 5.41) is 7.43. The van der Waals surface area contributed by atoms with Gasteiger partial charge in [-0.15, -0.1) is 12.4 Å². The fourth-order valence-electron chi connectivity index (χ4n) is 3.65. The van der Waals surface area contributed by atoms with E-state index in [-0.39, 0.29) is 18.3 Å². The molecule has 0 bridgehead atoms. The van der Waals surface area contributed by atoms with Gasteiger partial charge < -0.3 is 10.6 Å². The largest absolute Gasteiger partial charge is 0.353 e. The standard InChI is InChI=1S/C16H30N2OS.ClH/c1-12(13-6-8-17-9-7-13)10-16(19)18-14-4-3-5-15(11-14)20-2;/h12-15,17H,3-11H2,1-2H3,(H,18,19);1H. The zero-order valence-corrected chi connectivity index (χ0v) is 15.0. The number of thioether (sulfide) groups is 1. The highest BCUT2D eigenvalue weighted by molar-refractivity contribution is 7.99. The van der Waals surface area contributed by atoms with Crippen LogP contribution in [-0.2, 0) is 4.79 Å². The fourth-order valence-corrected chi connectivity index (χ4v) is 4.48. The molecule has 2 fully saturated rings. The maximum absolute atomic E-state index is 12.2. The molecule has 1 aliphatic carbocycles. The lowest BCUT2D eigenvalue weighted by Crippen LogP contribution is -2.40. The van der Waals surface area contributed by atoms with E-state index in [0.29, 0.717) is 18.4 Å². The van der Waals surface area contributed by atoms with Gasteiger partial charge in [0.1, 0.15) is 0 Å². The normalized spacial score (nSPS) is 28.5. The molecule has 2 rings (SSSR count). The zero-order valence-electron chi connectivity index (χ0n) is 13.4. The highest BCUT2D eigenvalue weighted by Crippen LogP contribution is 2.28. The average molecular weight is 335 g/mol. The van der Waals surface area contributed by atoms with Crippen molar-refractivity contribution in [3.05, 3.63) is 0 Å². The first kappa shape index (κ1) is 19.1. The molecule has 0 aromatic rings. The third-order valence-electron chi connectivity index (χ3n) is 5.02. The molecule has 0 spiro atoms. The Morgan fingerprint density at radius 2 is 2.00 bits per heavy atom. The van der Waals surface area contributed by atoms with E-state index in [1.807, 2.05) is 11.8 Å². The van der Waals surface area contributed by atoms with Crippen LogP contribution in [0.1, 0.15) is 51.9 Å². The molecule has 1 saturated heterocycles. The summed E-state index contributed by atoms with van der Waals surface area (Å²) < 4.78 is 0. The Morgan fingerprint density at radius 3 is 2.67 bits per heavy atom. The van der Waals surface area contributed by atoms with Crippen molar-refractivity contribution in [1.82, 2.24) is 10.6 Å². The minimum absolute atomic E-state index is 0. The third-order valence-corrected chi connectivity index (χ3v) is 6.12. The van der Waals surface area contributed by atoms with E-state index < -0.39 is 0 Å². The molecule has 21 heavy (non-hydrogen) atoms. The van der Waals surface area contributed by atoms with Crippen LogP contribution in [0, 0.1) is 11.8 Å². The molecular weight excluding hydrogens is 304 g/mol. The van der Waals surface area contributed by atoms with Crippen molar-refractivity contribution in [1.29, 1.82) is 0 Å². The summed E-state index contributed by atoms with van der Waals surface area (Å²) in [4.78, 5) is 12.2. The summed E-state index contributed by atoms with van der Waals surface area (Å²) in [6.45, 7) is 4.49. The Hall–Kier alpha value is 0.0700. The number of nitrogens with one attached hydrogen (secondary N) is 2. The number of halogens is 1. The summed E-state index contributed by atoms with van der Waals surface area (Å²) in [5.74, 6) is 1.53. The van der Waals surface area contributed by atoms with Crippen LogP contribution < -0.4 is 10.6 Å². The van der Waals surface area contributed by atoms with Crippen molar-refractivity contribution >= 4 is 30.1 Å². The number of carbonyl (C=O) groups is 1. The quantitative estimate of drug-likeness (QED) is 0.811. The van der Waals surface area contributed by atoms with Crippen LogP contribution in [-0.4, -0.2) is 36.5 Å². The van der Waals surface area contributed by atoms with Crippen molar-refractivity contribution in [2.75, 3.05) is 19.3 Å². The molecule has 0 aromatic carbocycles. The van der Waals surface area contributed by atoms with Crippen molar-refractivity contribution < 1.29 is 4.79 Å². The number of amides is 1. The zero-order chi connectivity index (χ0) is 14.4. The molecule has 3 unspecified atom stereocenters. The molecule has 1 aliphatic heterocycles. The lowest BCUT2D eigenvalue weighted by Gasteiger charge is -2.31. The predicted octanol–water partition coefficient (Wildman–Crippen LogP) is 3.22. The van der Waals surface area contributed by atoms with Gasteiger partial charge in [0.05, 0.1) is 0 Å². The first-order chi connectivity index (χ1) is 9.69. The van der Waals surface area contributed by atoms with Crippen LogP contribution in [0.4, 0.5) is 0 Å². The number of piperidine rings is 1. The van der Waals surface area contributed by atoms with E-state index in [4.69, 9.17) is 0 Å².